The first-order valence-electron chi connectivity index (χ1n) is 4.27. The molecule has 1 aromatic carbocycles. The summed E-state index contributed by atoms with van der Waals surface area (Å²) in [6.45, 7) is 1.67. The molecule has 0 bridgehead atoms. The van der Waals surface area contributed by atoms with Gasteiger partial charge in [-0.1, -0.05) is 36.3 Å². The van der Waals surface area contributed by atoms with Crippen molar-refractivity contribution >= 4 is 5.97 Å². The van der Waals surface area contributed by atoms with Crippen molar-refractivity contribution in [3.8, 4) is 12.3 Å². The molecule has 1 aromatic rings. The molecule has 0 aliphatic rings. The van der Waals surface area contributed by atoms with Crippen LogP contribution in [0.5, 0.6) is 0 Å². The fourth-order valence-corrected chi connectivity index (χ4v) is 1.24. The van der Waals surface area contributed by atoms with Gasteiger partial charge in [0.2, 0.25) is 0 Å². The molecule has 0 radical (unpaired) electrons. The number of benzene rings is 1. The lowest BCUT2D eigenvalue weighted by Crippen LogP contribution is -2.31. The Labute approximate surface area is 83.9 Å². The van der Waals surface area contributed by atoms with Crippen LogP contribution < -0.4 is 0 Å². The summed E-state index contributed by atoms with van der Waals surface area (Å²) < 4.78 is 4.68. The number of carbonyl (C=O) groups excluding carboxylic acids is 1. The van der Waals surface area contributed by atoms with Gasteiger partial charge in [0.1, 0.15) is 0 Å². The first-order valence-corrected chi connectivity index (χ1v) is 4.27. The van der Waals surface area contributed by atoms with Gasteiger partial charge in [-0.15, -0.1) is 6.42 Å². The van der Waals surface area contributed by atoms with Crippen LogP contribution in [0.15, 0.2) is 30.3 Å². The summed E-state index contributed by atoms with van der Waals surface area (Å²) in [7, 11) is 1.33. The third-order valence-corrected chi connectivity index (χ3v) is 2.23. The molecule has 1 atom stereocenters. The first kappa shape index (κ1) is 10.3. The van der Waals surface area contributed by atoms with Crippen LogP contribution >= 0.6 is 0 Å². The second-order valence-corrected chi connectivity index (χ2v) is 3.13. The number of hydrogen-bond donors (Lipinski definition) is 0. The highest BCUT2D eigenvalue weighted by Gasteiger charge is 2.33. The van der Waals surface area contributed by atoms with Gasteiger partial charge in [0.15, 0.2) is 5.41 Å². The highest BCUT2D eigenvalue weighted by molar-refractivity contribution is 5.86. The number of rotatable bonds is 2. The van der Waals surface area contributed by atoms with Crippen molar-refractivity contribution in [2.75, 3.05) is 7.11 Å². The van der Waals surface area contributed by atoms with Crippen LogP contribution in [0.4, 0.5) is 0 Å². The van der Waals surface area contributed by atoms with E-state index in [1.54, 1.807) is 6.92 Å². The molecule has 0 heterocycles. The Morgan fingerprint density at radius 1 is 1.43 bits per heavy atom. The SMILES string of the molecule is C#CC(C)(C(=O)OC)c1ccccc1. The number of terminal acetylenes is 1. The van der Waals surface area contributed by atoms with Crippen LogP contribution in [-0.2, 0) is 14.9 Å². The van der Waals surface area contributed by atoms with Crippen molar-refractivity contribution in [3.05, 3.63) is 35.9 Å². The van der Waals surface area contributed by atoms with Gasteiger partial charge in [-0.2, -0.15) is 0 Å². The predicted molar refractivity (Wildman–Crippen MR) is 54.6 cm³/mol. The zero-order valence-corrected chi connectivity index (χ0v) is 8.28. The smallest absolute Gasteiger partial charge is 0.328 e. The predicted octanol–water partition coefficient (Wildman–Crippen LogP) is 1.75. The molecular formula is C12H12O2. The van der Waals surface area contributed by atoms with Gasteiger partial charge in [-0.3, -0.25) is 4.79 Å². The summed E-state index contributed by atoms with van der Waals surface area (Å²) >= 11 is 0. The number of ether oxygens (including phenoxy) is 1. The molecule has 2 heteroatoms. The summed E-state index contributed by atoms with van der Waals surface area (Å²) in [6, 6.07) is 9.19. The molecule has 0 aromatic heterocycles. The van der Waals surface area contributed by atoms with Crippen molar-refractivity contribution in [3.63, 3.8) is 0 Å². The Balaban J connectivity index is 3.17. The van der Waals surface area contributed by atoms with E-state index in [1.165, 1.54) is 7.11 Å². The van der Waals surface area contributed by atoms with Crippen LogP contribution in [0.1, 0.15) is 12.5 Å². The molecule has 0 fully saturated rings. The van der Waals surface area contributed by atoms with Gasteiger partial charge >= 0.3 is 5.97 Å². The van der Waals surface area contributed by atoms with Crippen LogP contribution in [0, 0.1) is 12.3 Å². The van der Waals surface area contributed by atoms with E-state index in [-0.39, 0.29) is 0 Å². The molecule has 72 valence electrons. The van der Waals surface area contributed by atoms with Gasteiger partial charge < -0.3 is 4.74 Å². The Bertz CT molecular complexity index is 362. The van der Waals surface area contributed by atoms with Crippen molar-refractivity contribution in [2.45, 2.75) is 12.3 Å². The standard InChI is InChI=1S/C12H12O2/c1-4-12(2,11(13)14-3)10-8-6-5-7-9-10/h1,5-9H,2-3H3. The normalized spacial score (nSPS) is 13.8. The first-order chi connectivity index (χ1) is 6.65. The quantitative estimate of drug-likeness (QED) is 0.522. The highest BCUT2D eigenvalue weighted by atomic mass is 16.5. The van der Waals surface area contributed by atoms with Crippen molar-refractivity contribution in [2.24, 2.45) is 0 Å². The molecule has 0 spiro atoms. The summed E-state index contributed by atoms with van der Waals surface area (Å²) in [5.41, 5.74) is -0.218. The second-order valence-electron chi connectivity index (χ2n) is 3.13. The summed E-state index contributed by atoms with van der Waals surface area (Å²) in [5.74, 6) is 2.06. The Morgan fingerprint density at radius 2 is 2.00 bits per heavy atom. The fourth-order valence-electron chi connectivity index (χ4n) is 1.24. The molecule has 0 aliphatic heterocycles. The molecule has 14 heavy (non-hydrogen) atoms. The lowest BCUT2D eigenvalue weighted by molar-refractivity contribution is -0.144. The maximum absolute atomic E-state index is 11.5. The zero-order valence-electron chi connectivity index (χ0n) is 8.28. The molecule has 2 nitrogen and oxygen atoms in total. The fraction of sp³-hybridized carbons (Fsp3) is 0.250. The van der Waals surface area contributed by atoms with Crippen molar-refractivity contribution < 1.29 is 9.53 Å². The zero-order chi connectivity index (χ0) is 10.6. The van der Waals surface area contributed by atoms with Crippen LogP contribution in [-0.4, -0.2) is 13.1 Å². The van der Waals surface area contributed by atoms with Crippen molar-refractivity contribution in [1.82, 2.24) is 0 Å². The third kappa shape index (κ3) is 1.62. The van der Waals surface area contributed by atoms with Crippen LogP contribution in [0.2, 0.25) is 0 Å². The lowest BCUT2D eigenvalue weighted by atomic mass is 9.83. The number of methoxy groups -OCH3 is 1. The number of hydrogen-bond acceptors (Lipinski definition) is 2. The lowest BCUT2D eigenvalue weighted by Gasteiger charge is -2.20. The molecule has 1 unspecified atom stereocenters. The Hall–Kier alpha value is -1.75. The molecule has 0 aliphatic carbocycles. The van der Waals surface area contributed by atoms with Gasteiger partial charge in [-0.05, 0) is 12.5 Å². The largest absolute Gasteiger partial charge is 0.468 e. The molecule has 0 N–H and O–H groups in total. The van der Waals surface area contributed by atoms with Gasteiger partial charge in [0, 0.05) is 0 Å². The summed E-state index contributed by atoms with van der Waals surface area (Å²) in [4.78, 5) is 11.5. The average molecular weight is 188 g/mol. The Kier molecular flexibility index (Phi) is 2.93. The average Bonchev–Trinajstić information content (AvgIpc) is 2.28. The molecular weight excluding hydrogens is 176 g/mol. The van der Waals surface area contributed by atoms with E-state index in [4.69, 9.17) is 6.42 Å². The van der Waals surface area contributed by atoms with E-state index in [2.05, 4.69) is 10.7 Å². The van der Waals surface area contributed by atoms with E-state index in [1.807, 2.05) is 30.3 Å². The van der Waals surface area contributed by atoms with Crippen LogP contribution in [0.25, 0.3) is 0 Å². The maximum Gasteiger partial charge on any atom is 0.328 e. The Morgan fingerprint density at radius 3 is 2.43 bits per heavy atom. The summed E-state index contributed by atoms with van der Waals surface area (Å²) in [5, 5.41) is 0. The monoisotopic (exact) mass is 188 g/mol. The van der Waals surface area contributed by atoms with Gasteiger partial charge in [-0.25, -0.2) is 0 Å². The summed E-state index contributed by atoms with van der Waals surface area (Å²) in [6.07, 6.45) is 5.36. The molecule has 1 rings (SSSR count). The van der Waals surface area contributed by atoms with Gasteiger partial charge in [0.05, 0.1) is 7.11 Å². The van der Waals surface area contributed by atoms with Crippen molar-refractivity contribution in [1.29, 1.82) is 0 Å². The van der Waals surface area contributed by atoms with E-state index in [0.717, 1.165) is 5.56 Å². The maximum atomic E-state index is 11.5. The second kappa shape index (κ2) is 3.97. The molecule has 0 amide bonds. The number of esters is 1. The van der Waals surface area contributed by atoms with E-state index < -0.39 is 11.4 Å². The topological polar surface area (TPSA) is 26.3 Å². The molecule has 0 saturated carbocycles. The van der Waals surface area contributed by atoms with E-state index >= 15 is 0 Å². The van der Waals surface area contributed by atoms with Gasteiger partial charge in [0.25, 0.3) is 0 Å². The third-order valence-electron chi connectivity index (χ3n) is 2.23. The minimum atomic E-state index is -0.990. The minimum absolute atomic E-state index is 0.411. The number of carbonyl (C=O) groups is 1. The van der Waals surface area contributed by atoms with E-state index in [0.29, 0.717) is 0 Å². The molecule has 0 saturated heterocycles. The highest BCUT2D eigenvalue weighted by Crippen LogP contribution is 2.23. The minimum Gasteiger partial charge on any atom is -0.468 e. The van der Waals surface area contributed by atoms with E-state index in [9.17, 15) is 4.79 Å². The van der Waals surface area contributed by atoms with Crippen LogP contribution in [0.3, 0.4) is 0 Å².